The first-order valence-corrected chi connectivity index (χ1v) is 8.87. The number of nitrogens with zero attached hydrogens (tertiary/aromatic N) is 1. The van der Waals surface area contributed by atoms with E-state index in [1.807, 2.05) is 54.6 Å². The topological polar surface area (TPSA) is 40.5 Å². The summed E-state index contributed by atoms with van der Waals surface area (Å²) in [5.41, 5.74) is 3.74. The standard InChI is InChI=1S/C23H16ClNO2/c24-19-11-9-17(10-12-19)22-14-18(13-16-5-2-1-3-6-16)23(27)25(22)20-7-4-8-21(26)15-20/h1-15,26H/b18-13+. The maximum atomic E-state index is 13.2. The number of phenolic OH excluding ortho intramolecular Hbond substituents is 1. The van der Waals surface area contributed by atoms with Gasteiger partial charge in [-0.1, -0.05) is 60.1 Å². The molecule has 0 bridgehead atoms. The SMILES string of the molecule is O=C1/C(=C/c2ccccc2)C=C(c2ccc(Cl)cc2)N1c1cccc(O)c1. The minimum atomic E-state index is -0.144. The highest BCUT2D eigenvalue weighted by Crippen LogP contribution is 2.36. The van der Waals surface area contributed by atoms with Crippen LogP contribution >= 0.6 is 11.6 Å². The second-order valence-electron chi connectivity index (χ2n) is 6.21. The first kappa shape index (κ1) is 17.1. The third-order valence-electron chi connectivity index (χ3n) is 4.33. The summed E-state index contributed by atoms with van der Waals surface area (Å²) >= 11 is 6.01. The molecule has 3 aromatic rings. The zero-order valence-electron chi connectivity index (χ0n) is 14.3. The third-order valence-corrected chi connectivity index (χ3v) is 4.58. The fourth-order valence-electron chi connectivity index (χ4n) is 3.07. The van der Waals surface area contributed by atoms with Crippen LogP contribution in [0.2, 0.25) is 5.02 Å². The Kier molecular flexibility index (Phi) is 4.53. The number of anilines is 1. The molecule has 0 saturated heterocycles. The van der Waals surface area contributed by atoms with Crippen LogP contribution < -0.4 is 4.90 Å². The molecule has 0 aliphatic carbocycles. The van der Waals surface area contributed by atoms with Gasteiger partial charge in [-0.25, -0.2) is 0 Å². The van der Waals surface area contributed by atoms with E-state index in [4.69, 9.17) is 11.6 Å². The molecular formula is C23H16ClNO2. The number of amides is 1. The maximum Gasteiger partial charge on any atom is 0.262 e. The van der Waals surface area contributed by atoms with Gasteiger partial charge in [0, 0.05) is 16.7 Å². The molecule has 132 valence electrons. The highest BCUT2D eigenvalue weighted by atomic mass is 35.5. The van der Waals surface area contributed by atoms with E-state index in [1.54, 1.807) is 41.3 Å². The van der Waals surface area contributed by atoms with Crippen molar-refractivity contribution in [3.05, 3.63) is 107 Å². The van der Waals surface area contributed by atoms with E-state index in [2.05, 4.69) is 0 Å². The number of carbonyl (C=O) groups excluding carboxylic acids is 1. The zero-order chi connectivity index (χ0) is 18.8. The molecule has 3 aromatic carbocycles. The number of halogens is 1. The minimum absolute atomic E-state index is 0.108. The molecule has 3 nitrogen and oxygen atoms in total. The lowest BCUT2D eigenvalue weighted by atomic mass is 10.1. The Hall–Kier alpha value is -3.30. The highest BCUT2D eigenvalue weighted by molar-refractivity contribution is 6.30. The second-order valence-corrected chi connectivity index (χ2v) is 6.64. The van der Waals surface area contributed by atoms with E-state index in [0.29, 0.717) is 16.3 Å². The summed E-state index contributed by atoms with van der Waals surface area (Å²) in [4.78, 5) is 14.8. The number of phenols is 1. The molecule has 0 aromatic heterocycles. The van der Waals surface area contributed by atoms with Crippen LogP contribution in [0.5, 0.6) is 5.75 Å². The fourth-order valence-corrected chi connectivity index (χ4v) is 3.19. The molecule has 1 amide bonds. The summed E-state index contributed by atoms with van der Waals surface area (Å²) in [6, 6.07) is 23.7. The molecule has 0 saturated carbocycles. The van der Waals surface area contributed by atoms with Crippen LogP contribution in [0.4, 0.5) is 5.69 Å². The summed E-state index contributed by atoms with van der Waals surface area (Å²) < 4.78 is 0. The predicted molar refractivity (Wildman–Crippen MR) is 109 cm³/mol. The van der Waals surface area contributed by atoms with Gasteiger partial charge in [-0.3, -0.25) is 9.69 Å². The van der Waals surface area contributed by atoms with E-state index < -0.39 is 0 Å². The molecular weight excluding hydrogens is 358 g/mol. The molecule has 0 atom stereocenters. The van der Waals surface area contributed by atoms with Gasteiger partial charge in [0.05, 0.1) is 11.4 Å². The Labute approximate surface area is 162 Å². The summed E-state index contributed by atoms with van der Waals surface area (Å²) in [6.07, 6.45) is 3.73. The van der Waals surface area contributed by atoms with Crippen molar-refractivity contribution in [3.63, 3.8) is 0 Å². The Balaban J connectivity index is 1.84. The molecule has 1 aliphatic rings. The van der Waals surface area contributed by atoms with Crippen molar-refractivity contribution in [2.75, 3.05) is 4.90 Å². The highest BCUT2D eigenvalue weighted by Gasteiger charge is 2.30. The molecule has 0 unspecified atom stereocenters. The van der Waals surface area contributed by atoms with E-state index >= 15 is 0 Å². The van der Waals surface area contributed by atoms with Crippen LogP contribution in [0, 0.1) is 0 Å². The average Bonchev–Trinajstić information content (AvgIpc) is 2.99. The molecule has 1 aliphatic heterocycles. The molecule has 1 heterocycles. The smallest absolute Gasteiger partial charge is 0.262 e. The van der Waals surface area contributed by atoms with Crippen LogP contribution in [0.1, 0.15) is 11.1 Å². The lowest BCUT2D eigenvalue weighted by molar-refractivity contribution is -0.113. The molecule has 0 radical (unpaired) electrons. The Morgan fingerprint density at radius 2 is 1.63 bits per heavy atom. The summed E-state index contributed by atoms with van der Waals surface area (Å²) in [7, 11) is 0. The van der Waals surface area contributed by atoms with Gasteiger partial charge in [0.2, 0.25) is 0 Å². The summed E-state index contributed by atoms with van der Waals surface area (Å²) in [5, 5.41) is 10.5. The van der Waals surface area contributed by atoms with Crippen LogP contribution in [0.3, 0.4) is 0 Å². The largest absolute Gasteiger partial charge is 0.508 e. The average molecular weight is 374 g/mol. The Bertz CT molecular complexity index is 1050. The first-order chi connectivity index (χ1) is 13.1. The van der Waals surface area contributed by atoms with Crippen molar-refractivity contribution < 1.29 is 9.90 Å². The molecule has 0 fully saturated rings. The first-order valence-electron chi connectivity index (χ1n) is 8.50. The molecule has 4 heteroatoms. The van der Waals surface area contributed by atoms with E-state index in [1.165, 1.54) is 0 Å². The molecule has 27 heavy (non-hydrogen) atoms. The molecule has 0 spiro atoms. The normalized spacial score (nSPS) is 15.3. The quantitative estimate of drug-likeness (QED) is 0.614. The van der Waals surface area contributed by atoms with Gasteiger partial charge in [-0.2, -0.15) is 0 Å². The van der Waals surface area contributed by atoms with E-state index in [9.17, 15) is 9.90 Å². The third kappa shape index (κ3) is 3.50. The van der Waals surface area contributed by atoms with Crippen LogP contribution in [-0.4, -0.2) is 11.0 Å². The summed E-state index contributed by atoms with van der Waals surface area (Å²) in [6.45, 7) is 0. The minimum Gasteiger partial charge on any atom is -0.508 e. The number of rotatable bonds is 3. The van der Waals surface area contributed by atoms with Crippen molar-refractivity contribution in [1.29, 1.82) is 0 Å². The fraction of sp³-hybridized carbons (Fsp3) is 0. The van der Waals surface area contributed by atoms with Crippen molar-refractivity contribution in [3.8, 4) is 5.75 Å². The summed E-state index contributed by atoms with van der Waals surface area (Å²) in [5.74, 6) is -0.0364. The van der Waals surface area contributed by atoms with Gasteiger partial charge >= 0.3 is 0 Å². The monoisotopic (exact) mass is 373 g/mol. The van der Waals surface area contributed by atoms with Gasteiger partial charge in [-0.05, 0) is 47.5 Å². The van der Waals surface area contributed by atoms with Gasteiger partial charge < -0.3 is 5.11 Å². The van der Waals surface area contributed by atoms with Crippen molar-refractivity contribution >= 4 is 35.0 Å². The van der Waals surface area contributed by atoms with Crippen molar-refractivity contribution in [2.24, 2.45) is 0 Å². The van der Waals surface area contributed by atoms with E-state index in [0.717, 1.165) is 16.8 Å². The number of hydrogen-bond donors (Lipinski definition) is 1. The van der Waals surface area contributed by atoms with E-state index in [-0.39, 0.29) is 11.7 Å². The van der Waals surface area contributed by atoms with Gasteiger partial charge in [-0.15, -0.1) is 0 Å². The maximum absolute atomic E-state index is 13.2. The lowest BCUT2D eigenvalue weighted by Crippen LogP contribution is -2.24. The van der Waals surface area contributed by atoms with Crippen LogP contribution in [-0.2, 0) is 4.79 Å². The second kappa shape index (κ2) is 7.14. The van der Waals surface area contributed by atoms with Crippen LogP contribution in [0.15, 0.2) is 90.5 Å². The van der Waals surface area contributed by atoms with Gasteiger partial charge in [0.1, 0.15) is 5.75 Å². The van der Waals surface area contributed by atoms with Gasteiger partial charge in [0.15, 0.2) is 0 Å². The molecule has 4 rings (SSSR count). The zero-order valence-corrected chi connectivity index (χ0v) is 15.1. The Morgan fingerprint density at radius 3 is 2.33 bits per heavy atom. The number of hydrogen-bond acceptors (Lipinski definition) is 2. The number of benzene rings is 3. The van der Waals surface area contributed by atoms with Gasteiger partial charge in [0.25, 0.3) is 5.91 Å². The lowest BCUT2D eigenvalue weighted by Gasteiger charge is -2.21. The predicted octanol–water partition coefficient (Wildman–Crippen LogP) is 5.52. The van der Waals surface area contributed by atoms with Crippen molar-refractivity contribution in [2.45, 2.75) is 0 Å². The van der Waals surface area contributed by atoms with Crippen molar-refractivity contribution in [1.82, 2.24) is 0 Å². The number of aromatic hydroxyl groups is 1. The Morgan fingerprint density at radius 1 is 0.889 bits per heavy atom. The van der Waals surface area contributed by atoms with Crippen LogP contribution in [0.25, 0.3) is 11.8 Å². The number of carbonyl (C=O) groups is 1. The molecule has 1 N–H and O–H groups in total.